The number of nitrogens with two attached hydrogens (primary N) is 1. The molecule has 0 saturated heterocycles. The summed E-state index contributed by atoms with van der Waals surface area (Å²) in [5.41, 5.74) is 10.1. The van der Waals surface area contributed by atoms with Crippen LogP contribution >= 0.6 is 0 Å². The Morgan fingerprint density at radius 3 is 2.44 bits per heavy atom. The van der Waals surface area contributed by atoms with Gasteiger partial charge in [-0.15, -0.1) is 0 Å². The van der Waals surface area contributed by atoms with Gasteiger partial charge in [0, 0.05) is 13.6 Å². The Hall–Kier alpha value is -1.71. The third-order valence-corrected chi connectivity index (χ3v) is 3.50. The van der Waals surface area contributed by atoms with Crippen molar-refractivity contribution in [1.82, 2.24) is 4.90 Å². The predicted molar refractivity (Wildman–Crippen MR) is 73.1 cm³/mol. The van der Waals surface area contributed by atoms with Gasteiger partial charge in [0.2, 0.25) is 0 Å². The standard InChI is InChI=1S/C14H22N2O2/c1-9-8-13(18-5)11(3)10(2)12(9)6-7-16(4)14(15)17/h8H,6-7H2,1-5H3,(H2,15,17). The van der Waals surface area contributed by atoms with Crippen molar-refractivity contribution in [1.29, 1.82) is 0 Å². The van der Waals surface area contributed by atoms with E-state index >= 15 is 0 Å². The molecule has 0 heterocycles. The zero-order valence-corrected chi connectivity index (χ0v) is 11.8. The van der Waals surface area contributed by atoms with Crippen LogP contribution < -0.4 is 10.5 Å². The summed E-state index contributed by atoms with van der Waals surface area (Å²) < 4.78 is 5.34. The highest BCUT2D eigenvalue weighted by atomic mass is 16.5. The van der Waals surface area contributed by atoms with E-state index in [1.165, 1.54) is 21.6 Å². The van der Waals surface area contributed by atoms with Crippen LogP contribution in [0.5, 0.6) is 5.75 Å². The Kier molecular flexibility index (Phi) is 4.59. The van der Waals surface area contributed by atoms with Gasteiger partial charge in [0.15, 0.2) is 0 Å². The number of primary amides is 1. The fourth-order valence-electron chi connectivity index (χ4n) is 2.09. The summed E-state index contributed by atoms with van der Waals surface area (Å²) in [6.07, 6.45) is 0.807. The van der Waals surface area contributed by atoms with Gasteiger partial charge in [-0.2, -0.15) is 0 Å². The molecule has 0 radical (unpaired) electrons. The maximum absolute atomic E-state index is 11.0. The van der Waals surface area contributed by atoms with Crippen LogP contribution in [0.3, 0.4) is 0 Å². The normalized spacial score (nSPS) is 10.3. The van der Waals surface area contributed by atoms with E-state index in [9.17, 15) is 4.79 Å². The van der Waals surface area contributed by atoms with Gasteiger partial charge in [0.1, 0.15) is 5.75 Å². The lowest BCUT2D eigenvalue weighted by Gasteiger charge is -2.19. The molecule has 0 aliphatic carbocycles. The summed E-state index contributed by atoms with van der Waals surface area (Å²) in [5.74, 6) is 0.914. The van der Waals surface area contributed by atoms with E-state index in [0.717, 1.165) is 17.7 Å². The van der Waals surface area contributed by atoms with Crippen LogP contribution in [-0.4, -0.2) is 31.6 Å². The molecule has 0 saturated carbocycles. The Balaban J connectivity index is 2.96. The summed E-state index contributed by atoms with van der Waals surface area (Å²) >= 11 is 0. The second kappa shape index (κ2) is 5.76. The third-order valence-electron chi connectivity index (χ3n) is 3.50. The van der Waals surface area contributed by atoms with Gasteiger partial charge >= 0.3 is 6.03 Å². The highest BCUT2D eigenvalue weighted by Gasteiger charge is 2.12. The van der Waals surface area contributed by atoms with Crippen LogP contribution in [0.2, 0.25) is 0 Å². The summed E-state index contributed by atoms with van der Waals surface area (Å²) in [4.78, 5) is 12.5. The molecule has 0 unspecified atom stereocenters. The van der Waals surface area contributed by atoms with Crippen molar-refractivity contribution in [2.24, 2.45) is 5.73 Å². The van der Waals surface area contributed by atoms with E-state index < -0.39 is 6.03 Å². The Bertz CT molecular complexity index is 456. The number of carbonyl (C=O) groups excluding carboxylic acids is 1. The minimum atomic E-state index is -0.393. The molecule has 18 heavy (non-hydrogen) atoms. The number of urea groups is 1. The first-order chi connectivity index (χ1) is 8.38. The first-order valence-corrected chi connectivity index (χ1v) is 6.02. The van der Waals surface area contributed by atoms with Crippen molar-refractivity contribution in [3.05, 3.63) is 28.3 Å². The number of benzene rings is 1. The van der Waals surface area contributed by atoms with E-state index in [2.05, 4.69) is 20.8 Å². The maximum Gasteiger partial charge on any atom is 0.314 e. The van der Waals surface area contributed by atoms with Gasteiger partial charge in [-0.05, 0) is 55.5 Å². The van der Waals surface area contributed by atoms with Gasteiger partial charge < -0.3 is 15.4 Å². The molecule has 0 aliphatic rings. The fraction of sp³-hybridized carbons (Fsp3) is 0.500. The Labute approximate surface area is 109 Å². The van der Waals surface area contributed by atoms with Crippen molar-refractivity contribution in [2.45, 2.75) is 27.2 Å². The van der Waals surface area contributed by atoms with Crippen LogP contribution in [-0.2, 0) is 6.42 Å². The molecule has 0 fully saturated rings. The number of carbonyl (C=O) groups is 1. The van der Waals surface area contributed by atoms with Gasteiger partial charge in [-0.3, -0.25) is 0 Å². The van der Waals surface area contributed by atoms with E-state index in [1.54, 1.807) is 14.2 Å². The molecule has 0 atom stereocenters. The molecule has 4 heteroatoms. The average molecular weight is 250 g/mol. The lowest BCUT2D eigenvalue weighted by Crippen LogP contribution is -2.33. The second-order valence-corrected chi connectivity index (χ2v) is 4.63. The van der Waals surface area contributed by atoms with Crippen molar-refractivity contribution in [3.8, 4) is 5.75 Å². The largest absolute Gasteiger partial charge is 0.496 e. The Morgan fingerprint density at radius 2 is 1.94 bits per heavy atom. The van der Waals surface area contributed by atoms with Crippen molar-refractivity contribution < 1.29 is 9.53 Å². The lowest BCUT2D eigenvalue weighted by atomic mass is 9.95. The number of nitrogens with zero attached hydrogens (tertiary/aromatic N) is 1. The van der Waals surface area contributed by atoms with Crippen molar-refractivity contribution >= 4 is 6.03 Å². The number of aryl methyl sites for hydroxylation is 1. The fourth-order valence-corrected chi connectivity index (χ4v) is 2.09. The zero-order valence-electron chi connectivity index (χ0n) is 11.8. The topological polar surface area (TPSA) is 55.6 Å². The lowest BCUT2D eigenvalue weighted by molar-refractivity contribution is 0.219. The molecule has 1 aromatic rings. The van der Waals surface area contributed by atoms with Crippen LogP contribution in [0.25, 0.3) is 0 Å². The maximum atomic E-state index is 11.0. The van der Waals surface area contributed by atoms with Gasteiger partial charge in [0.05, 0.1) is 7.11 Å². The molecule has 2 amide bonds. The average Bonchev–Trinajstić information content (AvgIpc) is 2.33. The summed E-state index contributed by atoms with van der Waals surface area (Å²) in [7, 11) is 3.39. The van der Waals surface area contributed by atoms with Gasteiger partial charge in [-0.25, -0.2) is 4.79 Å². The van der Waals surface area contributed by atoms with Crippen LogP contribution in [0.4, 0.5) is 4.79 Å². The highest BCUT2D eigenvalue weighted by molar-refractivity contribution is 5.71. The molecule has 0 bridgehead atoms. The van der Waals surface area contributed by atoms with E-state index in [4.69, 9.17) is 10.5 Å². The summed E-state index contributed by atoms with van der Waals surface area (Å²) in [6.45, 7) is 6.83. The van der Waals surface area contributed by atoms with Crippen LogP contribution in [0, 0.1) is 20.8 Å². The monoisotopic (exact) mass is 250 g/mol. The molecule has 4 nitrogen and oxygen atoms in total. The van der Waals surface area contributed by atoms with Gasteiger partial charge in [-0.1, -0.05) is 0 Å². The number of rotatable bonds is 4. The molecule has 0 aliphatic heterocycles. The minimum Gasteiger partial charge on any atom is -0.496 e. The van der Waals surface area contributed by atoms with E-state index in [-0.39, 0.29) is 0 Å². The first kappa shape index (κ1) is 14.4. The molecule has 1 aromatic carbocycles. The number of ether oxygens (including phenoxy) is 1. The number of methoxy groups -OCH3 is 1. The summed E-state index contributed by atoms with van der Waals surface area (Å²) in [6, 6.07) is 1.65. The summed E-state index contributed by atoms with van der Waals surface area (Å²) in [5, 5.41) is 0. The number of hydrogen-bond donors (Lipinski definition) is 1. The quantitative estimate of drug-likeness (QED) is 0.890. The minimum absolute atomic E-state index is 0.393. The predicted octanol–water partition coefficient (Wildman–Crippen LogP) is 2.17. The molecule has 0 spiro atoms. The highest BCUT2D eigenvalue weighted by Crippen LogP contribution is 2.27. The molecule has 0 aromatic heterocycles. The number of amides is 2. The number of hydrogen-bond acceptors (Lipinski definition) is 2. The van der Waals surface area contributed by atoms with Crippen LogP contribution in [0.15, 0.2) is 6.07 Å². The molecular weight excluding hydrogens is 228 g/mol. The van der Waals surface area contributed by atoms with E-state index in [0.29, 0.717) is 6.54 Å². The van der Waals surface area contributed by atoms with Crippen LogP contribution in [0.1, 0.15) is 22.3 Å². The molecular formula is C14H22N2O2. The smallest absolute Gasteiger partial charge is 0.314 e. The number of likely N-dealkylation sites (N-methyl/N-ethyl adjacent to an activating group) is 1. The third kappa shape index (κ3) is 2.94. The van der Waals surface area contributed by atoms with Crippen molar-refractivity contribution in [2.75, 3.05) is 20.7 Å². The zero-order chi connectivity index (χ0) is 13.9. The Morgan fingerprint density at radius 1 is 1.33 bits per heavy atom. The van der Waals surface area contributed by atoms with Crippen molar-refractivity contribution in [3.63, 3.8) is 0 Å². The van der Waals surface area contributed by atoms with E-state index in [1.807, 2.05) is 6.07 Å². The first-order valence-electron chi connectivity index (χ1n) is 6.02. The molecule has 100 valence electrons. The second-order valence-electron chi connectivity index (χ2n) is 4.63. The van der Waals surface area contributed by atoms with Gasteiger partial charge in [0.25, 0.3) is 0 Å². The SMILES string of the molecule is COc1cc(C)c(CCN(C)C(N)=O)c(C)c1C. The molecule has 1 rings (SSSR count). The molecule has 2 N–H and O–H groups in total.